The summed E-state index contributed by atoms with van der Waals surface area (Å²) in [5, 5.41) is 12.6. The molecule has 102 valence electrons. The molecule has 1 aliphatic rings. The molecule has 5 nitrogen and oxygen atoms in total. The molecule has 2 aromatic rings. The van der Waals surface area contributed by atoms with E-state index >= 15 is 0 Å². The van der Waals surface area contributed by atoms with Crippen molar-refractivity contribution in [2.24, 2.45) is 7.05 Å². The molecule has 0 unspecified atom stereocenters. The average molecular weight is 259 g/mol. The van der Waals surface area contributed by atoms with Crippen molar-refractivity contribution in [3.63, 3.8) is 0 Å². The topological polar surface area (TPSA) is 47.7 Å². The van der Waals surface area contributed by atoms with Gasteiger partial charge in [0.15, 0.2) is 0 Å². The van der Waals surface area contributed by atoms with Gasteiger partial charge in [-0.05, 0) is 32.8 Å². The zero-order chi connectivity index (χ0) is 13.4. The van der Waals surface area contributed by atoms with Crippen LogP contribution in [0.15, 0.2) is 12.3 Å². The Morgan fingerprint density at radius 1 is 1.32 bits per heavy atom. The van der Waals surface area contributed by atoms with E-state index in [9.17, 15) is 0 Å². The molecule has 19 heavy (non-hydrogen) atoms. The largest absolute Gasteiger partial charge is 0.310 e. The first kappa shape index (κ1) is 12.4. The Bertz CT molecular complexity index is 577. The van der Waals surface area contributed by atoms with Crippen molar-refractivity contribution < 1.29 is 0 Å². The molecular weight excluding hydrogens is 238 g/mol. The average Bonchev–Trinajstić information content (AvgIpc) is 3.05. The maximum Gasteiger partial charge on any atom is 0.0853 e. The Balaban J connectivity index is 1.75. The summed E-state index contributed by atoms with van der Waals surface area (Å²) in [5.41, 5.74) is 4.76. The third-order valence-electron chi connectivity index (χ3n) is 3.76. The molecule has 0 atom stereocenters. The second-order valence-electron chi connectivity index (χ2n) is 5.44. The predicted octanol–water partition coefficient (Wildman–Crippen LogP) is 1.53. The van der Waals surface area contributed by atoms with Gasteiger partial charge < -0.3 is 5.32 Å². The van der Waals surface area contributed by atoms with Gasteiger partial charge in [-0.1, -0.05) is 0 Å². The molecule has 0 spiro atoms. The summed E-state index contributed by atoms with van der Waals surface area (Å²) in [5.74, 6) is 0. The maximum absolute atomic E-state index is 4.64. The first-order valence-corrected chi connectivity index (χ1v) is 6.88. The molecule has 1 saturated carbocycles. The molecular formula is C14H21N5. The van der Waals surface area contributed by atoms with Crippen molar-refractivity contribution in [1.29, 1.82) is 0 Å². The van der Waals surface area contributed by atoms with Gasteiger partial charge in [0, 0.05) is 37.1 Å². The van der Waals surface area contributed by atoms with Crippen LogP contribution in [0.25, 0.3) is 0 Å². The number of hydrogen-bond donors (Lipinski definition) is 1. The van der Waals surface area contributed by atoms with Crippen molar-refractivity contribution in [1.82, 2.24) is 24.9 Å². The molecule has 1 aliphatic carbocycles. The van der Waals surface area contributed by atoms with Crippen molar-refractivity contribution in [2.45, 2.75) is 45.8 Å². The van der Waals surface area contributed by atoms with Crippen LogP contribution in [-0.2, 0) is 20.1 Å². The summed E-state index contributed by atoms with van der Waals surface area (Å²) in [4.78, 5) is 0. The zero-order valence-electron chi connectivity index (χ0n) is 11.8. The fourth-order valence-electron chi connectivity index (χ4n) is 2.38. The summed E-state index contributed by atoms with van der Waals surface area (Å²) in [6.07, 6.45) is 4.61. The number of aromatic nitrogens is 4. The van der Waals surface area contributed by atoms with Gasteiger partial charge >= 0.3 is 0 Å². The molecule has 0 aromatic carbocycles. The number of rotatable bonds is 5. The summed E-state index contributed by atoms with van der Waals surface area (Å²) >= 11 is 0. The molecule has 5 heteroatoms. The van der Waals surface area contributed by atoms with Gasteiger partial charge in [-0.15, -0.1) is 0 Å². The highest BCUT2D eigenvalue weighted by atomic mass is 15.3. The lowest BCUT2D eigenvalue weighted by Crippen LogP contribution is -2.16. The van der Waals surface area contributed by atoms with Gasteiger partial charge in [-0.3, -0.25) is 9.36 Å². The Morgan fingerprint density at radius 3 is 2.74 bits per heavy atom. The predicted molar refractivity (Wildman–Crippen MR) is 73.9 cm³/mol. The molecule has 0 amide bonds. The molecule has 0 aliphatic heterocycles. The first-order valence-electron chi connectivity index (χ1n) is 6.88. The van der Waals surface area contributed by atoms with E-state index < -0.39 is 0 Å². The van der Waals surface area contributed by atoms with Crippen LogP contribution in [-0.4, -0.2) is 25.6 Å². The van der Waals surface area contributed by atoms with Crippen molar-refractivity contribution in [3.05, 3.63) is 34.9 Å². The van der Waals surface area contributed by atoms with E-state index in [-0.39, 0.29) is 0 Å². The van der Waals surface area contributed by atoms with E-state index in [1.807, 2.05) is 24.0 Å². The third kappa shape index (κ3) is 2.71. The quantitative estimate of drug-likeness (QED) is 0.886. The molecule has 3 rings (SSSR count). The van der Waals surface area contributed by atoms with Crippen molar-refractivity contribution in [2.75, 3.05) is 0 Å². The van der Waals surface area contributed by atoms with Crippen LogP contribution in [0.1, 0.15) is 35.5 Å². The van der Waals surface area contributed by atoms with Crippen molar-refractivity contribution >= 4 is 0 Å². The van der Waals surface area contributed by atoms with Crippen LogP contribution in [0.4, 0.5) is 0 Å². The highest BCUT2D eigenvalue weighted by molar-refractivity contribution is 5.25. The molecule has 0 saturated heterocycles. The first-order chi connectivity index (χ1) is 9.13. The number of aryl methyl sites for hydroxylation is 2. The second kappa shape index (κ2) is 4.81. The summed E-state index contributed by atoms with van der Waals surface area (Å²) in [7, 11) is 1.94. The van der Waals surface area contributed by atoms with Crippen LogP contribution < -0.4 is 5.32 Å². The lowest BCUT2D eigenvalue weighted by molar-refractivity contribution is 0.627. The third-order valence-corrected chi connectivity index (χ3v) is 3.76. The van der Waals surface area contributed by atoms with E-state index in [1.165, 1.54) is 24.1 Å². The minimum Gasteiger partial charge on any atom is -0.310 e. The van der Waals surface area contributed by atoms with Crippen LogP contribution in [0.5, 0.6) is 0 Å². The Morgan fingerprint density at radius 2 is 2.11 bits per heavy atom. The number of hydrogen-bond acceptors (Lipinski definition) is 3. The Hall–Kier alpha value is -1.62. The van der Waals surface area contributed by atoms with Crippen molar-refractivity contribution in [3.8, 4) is 0 Å². The fourth-order valence-corrected chi connectivity index (χ4v) is 2.38. The van der Waals surface area contributed by atoms with E-state index in [0.29, 0.717) is 0 Å². The lowest BCUT2D eigenvalue weighted by atomic mass is 10.2. The van der Waals surface area contributed by atoms with Gasteiger partial charge in [-0.25, -0.2) is 0 Å². The SMILES string of the molecule is Cc1nn(Cc2ccn(C)n2)c(C)c1CNC1CC1. The van der Waals surface area contributed by atoms with Crippen LogP contribution in [0, 0.1) is 13.8 Å². The van der Waals surface area contributed by atoms with Crippen LogP contribution in [0.2, 0.25) is 0 Å². The highest BCUT2D eigenvalue weighted by Gasteiger charge is 2.21. The van der Waals surface area contributed by atoms with Gasteiger partial charge in [-0.2, -0.15) is 10.2 Å². The summed E-state index contributed by atoms with van der Waals surface area (Å²) in [6, 6.07) is 2.77. The smallest absolute Gasteiger partial charge is 0.0853 e. The standard InChI is InChI=1S/C14H21N5/c1-10-14(8-15-12-4-5-12)11(2)19(16-10)9-13-6-7-18(3)17-13/h6-7,12,15H,4-5,8-9H2,1-3H3. The molecule has 1 N–H and O–H groups in total. The minimum absolute atomic E-state index is 0.734. The summed E-state index contributed by atoms with van der Waals surface area (Å²) < 4.78 is 3.89. The normalized spacial score (nSPS) is 15.1. The van der Waals surface area contributed by atoms with Crippen LogP contribution >= 0.6 is 0 Å². The zero-order valence-corrected chi connectivity index (χ0v) is 11.8. The van der Waals surface area contributed by atoms with Gasteiger partial charge in [0.1, 0.15) is 0 Å². The molecule has 0 bridgehead atoms. The highest BCUT2D eigenvalue weighted by Crippen LogP contribution is 2.21. The Labute approximate surface area is 113 Å². The number of nitrogens with zero attached hydrogens (tertiary/aromatic N) is 4. The lowest BCUT2D eigenvalue weighted by Gasteiger charge is -2.05. The van der Waals surface area contributed by atoms with E-state index in [2.05, 4.69) is 34.0 Å². The molecule has 0 radical (unpaired) electrons. The van der Waals surface area contributed by atoms with Gasteiger partial charge in [0.05, 0.1) is 17.9 Å². The minimum atomic E-state index is 0.734. The molecule has 1 fully saturated rings. The molecule has 2 aromatic heterocycles. The number of nitrogens with one attached hydrogen (secondary N) is 1. The van der Waals surface area contributed by atoms with Gasteiger partial charge in [0.2, 0.25) is 0 Å². The van der Waals surface area contributed by atoms with Crippen LogP contribution in [0.3, 0.4) is 0 Å². The van der Waals surface area contributed by atoms with E-state index in [4.69, 9.17) is 0 Å². The fraction of sp³-hybridized carbons (Fsp3) is 0.571. The van der Waals surface area contributed by atoms with E-state index in [0.717, 1.165) is 30.5 Å². The maximum atomic E-state index is 4.64. The summed E-state index contributed by atoms with van der Waals surface area (Å²) in [6.45, 7) is 5.92. The van der Waals surface area contributed by atoms with Gasteiger partial charge in [0.25, 0.3) is 0 Å². The van der Waals surface area contributed by atoms with E-state index in [1.54, 1.807) is 0 Å². The Kier molecular flexibility index (Phi) is 3.14. The monoisotopic (exact) mass is 259 g/mol. The molecule has 2 heterocycles. The second-order valence-corrected chi connectivity index (χ2v) is 5.44.